The number of carbonyl (C=O) groups is 2. The van der Waals surface area contributed by atoms with Gasteiger partial charge in [0.05, 0.1) is 17.3 Å². The molecule has 1 unspecified atom stereocenters. The minimum absolute atomic E-state index is 0. The van der Waals surface area contributed by atoms with E-state index in [4.69, 9.17) is 11.8 Å². The molecule has 0 spiro atoms. The van der Waals surface area contributed by atoms with E-state index in [1.54, 1.807) is 51.1 Å². The Morgan fingerprint density at radius 2 is 1.54 bits per heavy atom. The third kappa shape index (κ3) is 4.82. The summed E-state index contributed by atoms with van der Waals surface area (Å²) >= 11 is 9.57. The van der Waals surface area contributed by atoms with Gasteiger partial charge in [-0.1, -0.05) is 28.8 Å². The van der Waals surface area contributed by atoms with E-state index >= 15 is 0 Å². The summed E-state index contributed by atoms with van der Waals surface area (Å²) in [6, 6.07) is 12.4. The summed E-state index contributed by atoms with van der Waals surface area (Å²) in [4.78, 5) is 25.7. The van der Waals surface area contributed by atoms with Crippen LogP contribution in [0.2, 0.25) is 0 Å². The number of hydrogen-bond acceptors (Lipinski definition) is 2. The lowest BCUT2D eigenvalue weighted by molar-refractivity contribution is -0.951. The van der Waals surface area contributed by atoms with Crippen LogP contribution >= 0.6 is 27.7 Å². The van der Waals surface area contributed by atoms with Crippen molar-refractivity contribution < 1.29 is 31.4 Å². The van der Waals surface area contributed by atoms with Crippen LogP contribution in [0.4, 0.5) is 4.39 Å². The molecule has 2 aromatic rings. The number of quaternary nitrogens is 1. The fourth-order valence-corrected chi connectivity index (χ4v) is 3.21. The van der Waals surface area contributed by atoms with E-state index in [0.29, 0.717) is 10.0 Å². The van der Waals surface area contributed by atoms with Gasteiger partial charge in [0.15, 0.2) is 0 Å². The molecule has 140 valence electrons. The molecular weight excluding hydrogens is 446 g/mol. The van der Waals surface area contributed by atoms with Gasteiger partial charge in [-0.2, -0.15) is 0 Å². The number of rotatable bonds is 2. The van der Waals surface area contributed by atoms with E-state index in [1.807, 2.05) is 0 Å². The highest BCUT2D eigenvalue weighted by molar-refractivity contribution is 9.10. The topological polar surface area (TPSA) is 41.8 Å². The first-order valence-corrected chi connectivity index (χ1v) is 8.69. The second kappa shape index (κ2) is 8.95. The first kappa shape index (κ1) is 22.6. The smallest absolute Gasteiger partial charge is 0.373 e. The standard InChI is InChI=1S/C18H17BrClFN2O2.ClH/c1-18(2,3)22(16(24)13-9-5-7-11-15(13)21)23(20)17(25)12-8-4-6-10-14(12)19;/h4-11H,1-3H3;1H. The van der Waals surface area contributed by atoms with Gasteiger partial charge in [0.1, 0.15) is 16.9 Å². The zero-order valence-corrected chi connectivity index (χ0v) is 17.5. The van der Waals surface area contributed by atoms with Crippen LogP contribution in [0, 0.1) is 5.82 Å². The molecular formula is C18H18BrCl2FN2O2. The Morgan fingerprint density at radius 1 is 1.04 bits per heavy atom. The van der Waals surface area contributed by atoms with Gasteiger partial charge in [0.2, 0.25) is 0 Å². The van der Waals surface area contributed by atoms with Crippen LogP contribution in [0.15, 0.2) is 53.0 Å². The predicted molar refractivity (Wildman–Crippen MR) is 97.6 cm³/mol. The van der Waals surface area contributed by atoms with Crippen LogP contribution in [0.1, 0.15) is 41.5 Å². The van der Waals surface area contributed by atoms with Gasteiger partial charge in [-0.3, -0.25) is 4.79 Å². The third-order valence-corrected chi connectivity index (χ3v) is 4.54. The quantitative estimate of drug-likeness (QED) is 0.524. The molecule has 1 N–H and O–H groups in total. The minimum atomic E-state index is -0.780. The molecule has 0 saturated heterocycles. The van der Waals surface area contributed by atoms with Crippen molar-refractivity contribution in [1.82, 2.24) is 4.53 Å². The average Bonchev–Trinajstić information content (AvgIpc) is 2.53. The molecule has 0 fully saturated rings. The summed E-state index contributed by atoms with van der Waals surface area (Å²) in [7, 11) is 0. The summed E-state index contributed by atoms with van der Waals surface area (Å²) < 4.78 is 15.4. The fraction of sp³-hybridized carbons (Fsp3) is 0.222. The fourth-order valence-electron chi connectivity index (χ4n) is 2.34. The molecule has 2 amide bonds. The van der Waals surface area contributed by atoms with Crippen molar-refractivity contribution in [3.8, 4) is 0 Å². The molecule has 0 aliphatic rings. The van der Waals surface area contributed by atoms with Crippen molar-refractivity contribution in [2.45, 2.75) is 26.3 Å². The lowest BCUT2D eigenvalue weighted by Gasteiger charge is -2.33. The summed E-state index contributed by atoms with van der Waals surface area (Å²) in [5.41, 5.74) is -0.600. The second-order valence-corrected chi connectivity index (χ2v) is 7.67. The number of nitrogens with zero attached hydrogens (tertiary/aromatic N) is 1. The number of hydrogen-bond donors (Lipinski definition) is 1. The van der Waals surface area contributed by atoms with Gasteiger partial charge in [0.25, 0.3) is 0 Å². The monoisotopic (exact) mass is 462 g/mol. The van der Waals surface area contributed by atoms with Crippen molar-refractivity contribution in [3.05, 3.63) is 69.9 Å². The lowest BCUT2D eigenvalue weighted by atomic mass is 10.1. The van der Waals surface area contributed by atoms with Crippen LogP contribution in [0.5, 0.6) is 0 Å². The highest BCUT2D eigenvalue weighted by Crippen LogP contribution is 2.18. The van der Waals surface area contributed by atoms with E-state index in [9.17, 15) is 14.0 Å². The van der Waals surface area contributed by atoms with Crippen molar-refractivity contribution in [1.29, 1.82) is 0 Å². The normalized spacial score (nSPS) is 12.1. The third-order valence-electron chi connectivity index (χ3n) is 3.52. The maximum absolute atomic E-state index is 14.1. The summed E-state index contributed by atoms with van der Waals surface area (Å²) in [5.74, 6) is -1.85. The van der Waals surface area contributed by atoms with Gasteiger partial charge in [0, 0.05) is 4.47 Å². The second-order valence-electron chi connectivity index (χ2n) is 6.47. The van der Waals surface area contributed by atoms with Crippen LogP contribution in [0.3, 0.4) is 0 Å². The summed E-state index contributed by atoms with van der Waals surface area (Å²) in [6.45, 7) is 5.22. The van der Waals surface area contributed by atoms with Gasteiger partial charge < -0.3 is 12.4 Å². The Balaban J connectivity index is 0.00000338. The molecule has 0 aliphatic carbocycles. The van der Waals surface area contributed by atoms with E-state index in [-0.39, 0.29) is 23.0 Å². The molecule has 0 heterocycles. The summed E-state index contributed by atoms with van der Waals surface area (Å²) in [6.07, 6.45) is 0. The minimum Gasteiger partial charge on any atom is -1.00 e. The largest absolute Gasteiger partial charge is 1.00 e. The van der Waals surface area contributed by atoms with Crippen LogP contribution < -0.4 is 17.4 Å². The van der Waals surface area contributed by atoms with Crippen LogP contribution in [-0.4, -0.2) is 21.9 Å². The van der Waals surface area contributed by atoms with E-state index in [0.717, 1.165) is 4.53 Å². The van der Waals surface area contributed by atoms with Gasteiger partial charge in [-0.25, -0.2) is 9.18 Å². The Bertz CT molecular complexity index is 812. The summed E-state index contributed by atoms with van der Waals surface area (Å²) in [5, 5.41) is 0.0000183. The zero-order valence-electron chi connectivity index (χ0n) is 14.4. The number of carbonyl (C=O) groups excluding carboxylic acids is 2. The Labute approximate surface area is 171 Å². The molecule has 0 saturated carbocycles. The maximum Gasteiger partial charge on any atom is 0.373 e. The number of benzene rings is 2. The SMILES string of the molecule is CC(C)(C)[NH+](C(=O)c1ccccc1F)N(Cl)C(=O)c1ccccc1Br.[Cl-]. The van der Waals surface area contributed by atoms with E-state index < -0.39 is 23.2 Å². The molecule has 0 aromatic heterocycles. The molecule has 2 rings (SSSR count). The molecule has 8 heteroatoms. The van der Waals surface area contributed by atoms with Crippen molar-refractivity contribution in [2.75, 3.05) is 0 Å². The molecule has 1 atom stereocenters. The molecule has 0 aliphatic heterocycles. The van der Waals surface area contributed by atoms with E-state index in [2.05, 4.69) is 15.9 Å². The van der Waals surface area contributed by atoms with Crippen LogP contribution in [-0.2, 0) is 0 Å². The highest BCUT2D eigenvalue weighted by atomic mass is 79.9. The van der Waals surface area contributed by atoms with Crippen molar-refractivity contribution in [3.63, 3.8) is 0 Å². The average molecular weight is 464 g/mol. The first-order valence-electron chi connectivity index (χ1n) is 7.56. The lowest BCUT2D eigenvalue weighted by Crippen LogP contribution is -3.25. The Morgan fingerprint density at radius 3 is 2.04 bits per heavy atom. The molecule has 2 aromatic carbocycles. The zero-order chi connectivity index (χ0) is 18.8. The number of halogens is 4. The van der Waals surface area contributed by atoms with Gasteiger partial charge in [-0.15, -0.1) is 5.01 Å². The van der Waals surface area contributed by atoms with Crippen LogP contribution in [0.25, 0.3) is 0 Å². The first-order chi connectivity index (χ1) is 11.6. The molecule has 4 nitrogen and oxygen atoms in total. The highest BCUT2D eigenvalue weighted by Gasteiger charge is 2.42. The molecule has 26 heavy (non-hydrogen) atoms. The Hall–Kier alpha value is -1.47. The van der Waals surface area contributed by atoms with Crippen molar-refractivity contribution >= 4 is 39.5 Å². The van der Waals surface area contributed by atoms with Gasteiger partial charge >= 0.3 is 11.8 Å². The van der Waals surface area contributed by atoms with Crippen molar-refractivity contribution in [2.24, 2.45) is 0 Å². The predicted octanol–water partition coefficient (Wildman–Crippen LogP) is 0.627. The van der Waals surface area contributed by atoms with E-state index in [1.165, 1.54) is 18.2 Å². The Kier molecular flexibility index (Phi) is 7.77. The molecule has 0 bridgehead atoms. The number of amides is 2. The number of nitrogens with one attached hydrogen (secondary N) is 1. The maximum atomic E-state index is 14.1. The molecule has 0 radical (unpaired) electrons. The van der Waals surface area contributed by atoms with Gasteiger partial charge in [-0.05, 0) is 61.0 Å².